The monoisotopic (exact) mass is 304 g/mol. The highest BCUT2D eigenvalue weighted by Gasteiger charge is 2.13. The number of benzene rings is 1. The summed E-state index contributed by atoms with van der Waals surface area (Å²) in [6, 6.07) is 5.72. The molecule has 0 spiro atoms. The maximum absolute atomic E-state index is 5.46. The second kappa shape index (κ2) is 6.72. The first-order valence-electron chi connectivity index (χ1n) is 6.92. The van der Waals surface area contributed by atoms with E-state index in [0.717, 1.165) is 47.0 Å². The van der Waals surface area contributed by atoms with Crippen LogP contribution >= 0.6 is 12.2 Å². The topological polar surface area (TPSA) is 47.1 Å². The zero-order chi connectivity index (χ0) is 15.4. The van der Waals surface area contributed by atoms with E-state index in [-0.39, 0.29) is 0 Å². The lowest BCUT2D eigenvalue weighted by Crippen LogP contribution is -2.01. The quantitative estimate of drug-likeness (QED) is 0.845. The standard InChI is InChI=1S/C16H20N2O2S/c1-5-6-14-17-15(10(2)16(21)18-14)12-9-11(19-3)7-8-13(12)20-4/h7-9H,5-6H2,1-4H3,(H,17,18,21). The van der Waals surface area contributed by atoms with E-state index in [4.69, 9.17) is 21.7 Å². The van der Waals surface area contributed by atoms with Crippen molar-refractivity contribution in [2.45, 2.75) is 26.7 Å². The number of H-pyrrole nitrogens is 1. The number of aromatic nitrogens is 2. The van der Waals surface area contributed by atoms with Gasteiger partial charge in [-0.2, -0.15) is 0 Å². The van der Waals surface area contributed by atoms with E-state index in [1.165, 1.54) is 0 Å². The minimum absolute atomic E-state index is 0.622. The van der Waals surface area contributed by atoms with Crippen molar-refractivity contribution in [1.29, 1.82) is 0 Å². The first-order chi connectivity index (χ1) is 10.1. The molecule has 0 fully saturated rings. The summed E-state index contributed by atoms with van der Waals surface area (Å²) in [5.41, 5.74) is 2.81. The molecule has 1 aromatic carbocycles. The predicted octanol–water partition coefficient (Wildman–Crippen LogP) is 4.08. The Balaban J connectivity index is 2.67. The number of hydrogen-bond donors (Lipinski definition) is 1. The van der Waals surface area contributed by atoms with Crippen molar-refractivity contribution in [1.82, 2.24) is 9.97 Å². The molecule has 21 heavy (non-hydrogen) atoms. The van der Waals surface area contributed by atoms with Crippen molar-refractivity contribution in [3.8, 4) is 22.8 Å². The van der Waals surface area contributed by atoms with Crippen molar-refractivity contribution in [3.05, 3.63) is 34.2 Å². The van der Waals surface area contributed by atoms with E-state index >= 15 is 0 Å². The Labute approximate surface area is 130 Å². The van der Waals surface area contributed by atoms with Gasteiger partial charge in [-0.15, -0.1) is 0 Å². The molecule has 0 bridgehead atoms. The largest absolute Gasteiger partial charge is 0.497 e. The maximum Gasteiger partial charge on any atom is 0.133 e. The first-order valence-corrected chi connectivity index (χ1v) is 7.33. The molecule has 0 aliphatic rings. The molecule has 1 heterocycles. The smallest absolute Gasteiger partial charge is 0.133 e. The molecule has 0 atom stereocenters. The van der Waals surface area contributed by atoms with Crippen LogP contribution in [0.25, 0.3) is 11.3 Å². The Morgan fingerprint density at radius 3 is 2.62 bits per heavy atom. The number of methoxy groups -OCH3 is 2. The molecule has 0 saturated carbocycles. The summed E-state index contributed by atoms with van der Waals surface area (Å²) in [5.74, 6) is 2.45. The van der Waals surface area contributed by atoms with E-state index in [1.807, 2.05) is 25.1 Å². The number of ether oxygens (including phenoxy) is 2. The lowest BCUT2D eigenvalue weighted by molar-refractivity contribution is 0.404. The van der Waals surface area contributed by atoms with Gasteiger partial charge in [0.25, 0.3) is 0 Å². The molecule has 0 saturated heterocycles. The molecule has 112 valence electrons. The SMILES string of the molecule is CCCc1nc(=S)c(C)c(-c2cc(OC)ccc2OC)[nH]1. The molecule has 1 N–H and O–H groups in total. The van der Waals surface area contributed by atoms with Gasteiger partial charge < -0.3 is 14.5 Å². The summed E-state index contributed by atoms with van der Waals surface area (Å²) >= 11 is 5.38. The van der Waals surface area contributed by atoms with Gasteiger partial charge in [0, 0.05) is 17.5 Å². The predicted molar refractivity (Wildman–Crippen MR) is 86.7 cm³/mol. The third kappa shape index (κ3) is 3.24. The lowest BCUT2D eigenvalue weighted by atomic mass is 10.1. The van der Waals surface area contributed by atoms with Gasteiger partial charge in [0.2, 0.25) is 0 Å². The Bertz CT molecular complexity index is 695. The van der Waals surface area contributed by atoms with Crippen molar-refractivity contribution in [3.63, 3.8) is 0 Å². The highest BCUT2D eigenvalue weighted by molar-refractivity contribution is 7.71. The van der Waals surface area contributed by atoms with Gasteiger partial charge >= 0.3 is 0 Å². The molecule has 0 radical (unpaired) electrons. The second-order valence-electron chi connectivity index (χ2n) is 4.80. The summed E-state index contributed by atoms with van der Waals surface area (Å²) in [5, 5.41) is 0. The number of aromatic amines is 1. The summed E-state index contributed by atoms with van der Waals surface area (Å²) < 4.78 is 11.4. The Morgan fingerprint density at radius 2 is 2.00 bits per heavy atom. The van der Waals surface area contributed by atoms with Gasteiger partial charge in [-0.3, -0.25) is 0 Å². The van der Waals surface area contributed by atoms with Gasteiger partial charge in [0.1, 0.15) is 22.0 Å². The van der Waals surface area contributed by atoms with Crippen LogP contribution in [0.1, 0.15) is 24.7 Å². The summed E-state index contributed by atoms with van der Waals surface area (Å²) in [6.45, 7) is 4.08. The fourth-order valence-corrected chi connectivity index (χ4v) is 2.43. The molecule has 0 unspecified atom stereocenters. The van der Waals surface area contributed by atoms with Crippen LogP contribution in [0.15, 0.2) is 18.2 Å². The van der Waals surface area contributed by atoms with Crippen LogP contribution in [0.5, 0.6) is 11.5 Å². The molecular formula is C16H20N2O2S. The van der Waals surface area contributed by atoms with Gasteiger partial charge in [-0.05, 0) is 31.5 Å². The third-order valence-corrected chi connectivity index (χ3v) is 3.76. The molecule has 2 aromatic rings. The number of nitrogens with one attached hydrogen (secondary N) is 1. The minimum atomic E-state index is 0.622. The van der Waals surface area contributed by atoms with Crippen LogP contribution < -0.4 is 9.47 Å². The summed E-state index contributed by atoms with van der Waals surface area (Å²) in [7, 11) is 3.30. The van der Waals surface area contributed by atoms with Crippen LogP contribution in [0.2, 0.25) is 0 Å². The van der Waals surface area contributed by atoms with Gasteiger partial charge in [-0.25, -0.2) is 4.98 Å². The molecule has 5 heteroatoms. The first kappa shape index (κ1) is 15.5. The van der Waals surface area contributed by atoms with Gasteiger partial charge in [0.05, 0.1) is 19.9 Å². The lowest BCUT2D eigenvalue weighted by Gasteiger charge is -2.14. The van der Waals surface area contributed by atoms with Crippen LogP contribution in [0.4, 0.5) is 0 Å². The zero-order valence-corrected chi connectivity index (χ0v) is 13.6. The van der Waals surface area contributed by atoms with Crippen LogP contribution in [0, 0.1) is 11.6 Å². The Morgan fingerprint density at radius 1 is 1.24 bits per heavy atom. The van der Waals surface area contributed by atoms with Crippen molar-refractivity contribution in [2.75, 3.05) is 14.2 Å². The van der Waals surface area contributed by atoms with E-state index in [2.05, 4.69) is 16.9 Å². The van der Waals surface area contributed by atoms with Crippen LogP contribution in [-0.2, 0) is 6.42 Å². The molecule has 0 aliphatic carbocycles. The summed E-state index contributed by atoms with van der Waals surface area (Å²) in [6.07, 6.45) is 1.87. The molecule has 0 amide bonds. The highest BCUT2D eigenvalue weighted by Crippen LogP contribution is 2.34. The van der Waals surface area contributed by atoms with E-state index in [9.17, 15) is 0 Å². The highest BCUT2D eigenvalue weighted by atomic mass is 32.1. The van der Waals surface area contributed by atoms with E-state index < -0.39 is 0 Å². The van der Waals surface area contributed by atoms with Crippen LogP contribution in [0.3, 0.4) is 0 Å². The fraction of sp³-hybridized carbons (Fsp3) is 0.375. The van der Waals surface area contributed by atoms with E-state index in [1.54, 1.807) is 14.2 Å². The normalized spacial score (nSPS) is 10.5. The molecule has 0 aliphatic heterocycles. The van der Waals surface area contributed by atoms with Crippen molar-refractivity contribution >= 4 is 12.2 Å². The van der Waals surface area contributed by atoms with Crippen LogP contribution in [-0.4, -0.2) is 24.2 Å². The average Bonchev–Trinajstić information content (AvgIpc) is 2.50. The van der Waals surface area contributed by atoms with Gasteiger partial charge in [-0.1, -0.05) is 19.1 Å². The number of aryl methyl sites for hydroxylation is 1. The molecule has 2 rings (SSSR count). The number of rotatable bonds is 5. The van der Waals surface area contributed by atoms with E-state index in [0.29, 0.717) is 4.64 Å². The zero-order valence-electron chi connectivity index (χ0n) is 12.8. The molecular weight excluding hydrogens is 284 g/mol. The summed E-state index contributed by atoms with van der Waals surface area (Å²) in [4.78, 5) is 7.82. The molecule has 1 aromatic heterocycles. The fourth-order valence-electron chi connectivity index (χ4n) is 2.21. The minimum Gasteiger partial charge on any atom is -0.497 e. The number of nitrogens with zero attached hydrogens (tertiary/aromatic N) is 1. The van der Waals surface area contributed by atoms with Crippen molar-refractivity contribution < 1.29 is 9.47 Å². The third-order valence-electron chi connectivity index (χ3n) is 3.36. The second-order valence-corrected chi connectivity index (χ2v) is 5.19. The van der Waals surface area contributed by atoms with Crippen molar-refractivity contribution in [2.24, 2.45) is 0 Å². The average molecular weight is 304 g/mol. The molecule has 4 nitrogen and oxygen atoms in total. The van der Waals surface area contributed by atoms with Gasteiger partial charge in [0.15, 0.2) is 0 Å². The Kier molecular flexibility index (Phi) is 4.96. The number of hydrogen-bond acceptors (Lipinski definition) is 4. The maximum atomic E-state index is 5.46. The Hall–Kier alpha value is -1.88.